The average Bonchev–Trinajstić information content (AvgIpc) is 2.61. The van der Waals surface area contributed by atoms with Crippen LogP contribution in [-0.4, -0.2) is 10.9 Å². The number of aryl methyl sites for hydroxylation is 1. The fourth-order valence-corrected chi connectivity index (χ4v) is 2.91. The SMILES string of the molecule is Cc1ccccc1CC(=O)Nc1ccc(Nc2ccc(Cl)cc2Cl)nc1. The third kappa shape index (κ3) is 4.75. The molecular formula is C20H17Cl2N3O. The van der Waals surface area contributed by atoms with Crippen molar-refractivity contribution in [2.24, 2.45) is 0 Å². The highest BCUT2D eigenvalue weighted by molar-refractivity contribution is 6.36. The molecule has 1 amide bonds. The van der Waals surface area contributed by atoms with Crippen LogP contribution >= 0.6 is 23.2 Å². The van der Waals surface area contributed by atoms with Gasteiger partial charge in [-0.1, -0.05) is 47.5 Å². The second kappa shape index (κ2) is 8.21. The van der Waals surface area contributed by atoms with E-state index in [9.17, 15) is 4.79 Å². The molecule has 3 rings (SSSR count). The summed E-state index contributed by atoms with van der Waals surface area (Å²) in [5.41, 5.74) is 3.45. The third-order valence-electron chi connectivity index (χ3n) is 3.85. The molecule has 0 bridgehead atoms. The summed E-state index contributed by atoms with van der Waals surface area (Å²) >= 11 is 12.0. The number of aromatic nitrogens is 1. The van der Waals surface area contributed by atoms with Crippen LogP contribution in [-0.2, 0) is 11.2 Å². The molecule has 1 heterocycles. The Hall–Kier alpha value is -2.56. The molecule has 26 heavy (non-hydrogen) atoms. The van der Waals surface area contributed by atoms with E-state index in [0.29, 0.717) is 33.7 Å². The molecule has 1 aromatic heterocycles. The normalized spacial score (nSPS) is 10.4. The molecule has 2 N–H and O–H groups in total. The standard InChI is InChI=1S/C20H17Cl2N3O/c1-13-4-2-3-5-14(13)10-20(26)24-16-7-9-19(23-12-16)25-18-8-6-15(21)11-17(18)22/h2-9,11-12H,10H2,1H3,(H,23,25)(H,24,26). The summed E-state index contributed by atoms with van der Waals surface area (Å²) in [5, 5.41) is 7.05. The van der Waals surface area contributed by atoms with E-state index in [2.05, 4.69) is 15.6 Å². The smallest absolute Gasteiger partial charge is 0.228 e. The second-order valence-corrected chi connectivity index (χ2v) is 6.68. The minimum atomic E-state index is -0.0810. The minimum absolute atomic E-state index is 0.0810. The van der Waals surface area contributed by atoms with Crippen LogP contribution in [0.5, 0.6) is 0 Å². The van der Waals surface area contributed by atoms with Crippen molar-refractivity contribution in [3.05, 3.63) is 82.0 Å². The van der Waals surface area contributed by atoms with E-state index < -0.39 is 0 Å². The quantitative estimate of drug-likeness (QED) is 0.598. The first-order valence-electron chi connectivity index (χ1n) is 8.04. The van der Waals surface area contributed by atoms with E-state index in [0.717, 1.165) is 11.1 Å². The lowest BCUT2D eigenvalue weighted by Crippen LogP contribution is -2.15. The highest BCUT2D eigenvalue weighted by Gasteiger charge is 2.07. The van der Waals surface area contributed by atoms with Gasteiger partial charge in [-0.2, -0.15) is 0 Å². The predicted molar refractivity (Wildman–Crippen MR) is 107 cm³/mol. The number of nitrogens with one attached hydrogen (secondary N) is 2. The molecule has 6 heteroatoms. The van der Waals surface area contributed by atoms with Gasteiger partial charge in [0.15, 0.2) is 0 Å². The zero-order valence-corrected chi connectivity index (χ0v) is 15.6. The molecule has 0 saturated carbocycles. The van der Waals surface area contributed by atoms with Crippen LogP contribution in [0.1, 0.15) is 11.1 Å². The zero-order valence-electron chi connectivity index (χ0n) is 14.1. The molecule has 0 unspecified atom stereocenters. The van der Waals surface area contributed by atoms with Crippen LogP contribution < -0.4 is 10.6 Å². The van der Waals surface area contributed by atoms with E-state index >= 15 is 0 Å². The molecular weight excluding hydrogens is 369 g/mol. The molecule has 2 aromatic carbocycles. The van der Waals surface area contributed by atoms with E-state index in [4.69, 9.17) is 23.2 Å². The Bertz CT molecular complexity index is 927. The number of nitrogens with zero attached hydrogens (tertiary/aromatic N) is 1. The number of halogens is 2. The van der Waals surface area contributed by atoms with Gasteiger partial charge in [0.1, 0.15) is 5.82 Å². The van der Waals surface area contributed by atoms with Crippen molar-refractivity contribution in [3.8, 4) is 0 Å². The van der Waals surface area contributed by atoms with Crippen molar-refractivity contribution in [2.75, 3.05) is 10.6 Å². The molecule has 0 saturated heterocycles. The molecule has 0 atom stereocenters. The maximum Gasteiger partial charge on any atom is 0.228 e. The molecule has 132 valence electrons. The summed E-state index contributed by atoms with van der Waals surface area (Å²) in [6, 6.07) is 16.6. The molecule has 0 spiro atoms. The van der Waals surface area contributed by atoms with Crippen LogP contribution in [0.3, 0.4) is 0 Å². The Labute approximate surface area is 162 Å². The lowest BCUT2D eigenvalue weighted by molar-refractivity contribution is -0.115. The number of rotatable bonds is 5. The summed E-state index contributed by atoms with van der Waals surface area (Å²) in [7, 11) is 0. The first-order valence-corrected chi connectivity index (χ1v) is 8.79. The lowest BCUT2D eigenvalue weighted by atomic mass is 10.1. The van der Waals surface area contributed by atoms with Gasteiger partial charge in [-0.25, -0.2) is 4.98 Å². The fourth-order valence-electron chi connectivity index (χ4n) is 2.46. The van der Waals surface area contributed by atoms with Crippen LogP contribution in [0.25, 0.3) is 0 Å². The Morgan fingerprint density at radius 2 is 1.88 bits per heavy atom. The minimum Gasteiger partial charge on any atom is -0.339 e. The van der Waals surface area contributed by atoms with Gasteiger partial charge in [0.25, 0.3) is 0 Å². The maximum atomic E-state index is 12.2. The molecule has 0 aliphatic heterocycles. The summed E-state index contributed by atoms with van der Waals surface area (Å²) in [5.74, 6) is 0.536. The van der Waals surface area contributed by atoms with Crippen LogP contribution in [0.4, 0.5) is 17.2 Å². The molecule has 0 radical (unpaired) electrons. The maximum absolute atomic E-state index is 12.2. The van der Waals surface area contributed by atoms with E-state index in [1.54, 1.807) is 36.5 Å². The van der Waals surface area contributed by atoms with Crippen LogP contribution in [0, 0.1) is 6.92 Å². The van der Waals surface area contributed by atoms with Gasteiger partial charge in [0.05, 0.1) is 29.0 Å². The highest BCUT2D eigenvalue weighted by atomic mass is 35.5. The van der Waals surface area contributed by atoms with E-state index in [1.807, 2.05) is 31.2 Å². The Kier molecular flexibility index (Phi) is 5.76. The monoisotopic (exact) mass is 385 g/mol. The summed E-state index contributed by atoms with van der Waals surface area (Å²) in [6.07, 6.45) is 1.93. The topological polar surface area (TPSA) is 54.0 Å². The number of hydrogen-bond donors (Lipinski definition) is 2. The number of hydrogen-bond acceptors (Lipinski definition) is 3. The van der Waals surface area contributed by atoms with Crippen molar-refractivity contribution in [1.29, 1.82) is 0 Å². The van der Waals surface area contributed by atoms with Gasteiger partial charge in [-0.15, -0.1) is 0 Å². The van der Waals surface area contributed by atoms with Crippen molar-refractivity contribution in [3.63, 3.8) is 0 Å². The largest absolute Gasteiger partial charge is 0.339 e. The second-order valence-electron chi connectivity index (χ2n) is 5.83. The van der Waals surface area contributed by atoms with E-state index in [-0.39, 0.29) is 5.91 Å². The van der Waals surface area contributed by atoms with Gasteiger partial charge in [-0.3, -0.25) is 4.79 Å². The number of carbonyl (C=O) groups excluding carboxylic acids is 1. The number of benzene rings is 2. The fraction of sp³-hybridized carbons (Fsp3) is 0.100. The van der Waals surface area contributed by atoms with Crippen molar-refractivity contribution in [1.82, 2.24) is 4.98 Å². The Morgan fingerprint density at radius 1 is 1.08 bits per heavy atom. The molecule has 0 fully saturated rings. The van der Waals surface area contributed by atoms with Gasteiger partial charge in [0, 0.05) is 5.02 Å². The van der Waals surface area contributed by atoms with Crippen LogP contribution in [0.2, 0.25) is 10.0 Å². The summed E-state index contributed by atoms with van der Waals surface area (Å²) in [4.78, 5) is 16.5. The Balaban J connectivity index is 1.62. The number of pyridine rings is 1. The zero-order chi connectivity index (χ0) is 18.5. The summed E-state index contributed by atoms with van der Waals surface area (Å²) in [6.45, 7) is 1.99. The third-order valence-corrected chi connectivity index (χ3v) is 4.40. The summed E-state index contributed by atoms with van der Waals surface area (Å²) < 4.78 is 0. The van der Waals surface area contributed by atoms with Crippen molar-refractivity contribution in [2.45, 2.75) is 13.3 Å². The number of carbonyl (C=O) groups is 1. The van der Waals surface area contributed by atoms with E-state index in [1.165, 1.54) is 0 Å². The average molecular weight is 386 g/mol. The molecule has 0 aliphatic carbocycles. The van der Waals surface area contributed by atoms with Crippen molar-refractivity contribution >= 4 is 46.3 Å². The van der Waals surface area contributed by atoms with Gasteiger partial charge in [0.2, 0.25) is 5.91 Å². The highest BCUT2D eigenvalue weighted by Crippen LogP contribution is 2.27. The molecule has 0 aliphatic rings. The predicted octanol–water partition coefficient (Wildman–Crippen LogP) is 5.62. The van der Waals surface area contributed by atoms with Crippen LogP contribution in [0.15, 0.2) is 60.8 Å². The number of anilines is 3. The first kappa shape index (κ1) is 18.2. The Morgan fingerprint density at radius 3 is 2.58 bits per heavy atom. The van der Waals surface area contributed by atoms with Gasteiger partial charge < -0.3 is 10.6 Å². The number of amides is 1. The van der Waals surface area contributed by atoms with Gasteiger partial charge in [-0.05, 0) is 48.4 Å². The molecule has 3 aromatic rings. The van der Waals surface area contributed by atoms with Crippen molar-refractivity contribution < 1.29 is 4.79 Å². The molecule has 4 nitrogen and oxygen atoms in total. The lowest BCUT2D eigenvalue weighted by Gasteiger charge is -2.10. The van der Waals surface area contributed by atoms with Gasteiger partial charge >= 0.3 is 0 Å². The first-order chi connectivity index (χ1) is 12.5.